The maximum atomic E-state index is 13.6. The first kappa shape index (κ1) is 23.9. The fraction of sp³-hybridized carbons (Fsp3) is 0.360. The van der Waals surface area contributed by atoms with E-state index in [9.17, 15) is 16.8 Å². The minimum atomic E-state index is -3.71. The van der Waals surface area contributed by atoms with E-state index in [-0.39, 0.29) is 30.6 Å². The molecule has 2 heterocycles. The molecule has 0 fully saturated rings. The van der Waals surface area contributed by atoms with Crippen LogP contribution in [0, 0.1) is 27.7 Å². The SMILES string of the molecule is Cc1ccc(S(=O)(=O)N2CC=C3CN(S(=O)(=O)c4c(C)cc(C)cc4C)[C@@H](C)C=C3C2)cc1. The molecule has 8 heteroatoms. The molecule has 0 radical (unpaired) electrons. The van der Waals surface area contributed by atoms with E-state index in [1.165, 1.54) is 8.61 Å². The number of nitrogens with zero attached hydrogens (tertiary/aromatic N) is 2. The first-order chi connectivity index (χ1) is 15.4. The molecule has 33 heavy (non-hydrogen) atoms. The average Bonchev–Trinajstić information content (AvgIpc) is 2.72. The summed E-state index contributed by atoms with van der Waals surface area (Å²) in [5.74, 6) is 0. The van der Waals surface area contributed by atoms with Crippen molar-refractivity contribution in [2.45, 2.75) is 50.5 Å². The van der Waals surface area contributed by atoms with Crippen LogP contribution >= 0.6 is 0 Å². The molecular weight excluding hydrogens is 456 g/mol. The molecule has 6 nitrogen and oxygen atoms in total. The van der Waals surface area contributed by atoms with Gasteiger partial charge in [0.05, 0.1) is 9.79 Å². The molecule has 0 aromatic heterocycles. The lowest BCUT2D eigenvalue weighted by Gasteiger charge is -2.37. The zero-order valence-corrected chi connectivity index (χ0v) is 21.3. The molecule has 4 rings (SSSR count). The van der Waals surface area contributed by atoms with Gasteiger partial charge in [0.1, 0.15) is 0 Å². The van der Waals surface area contributed by atoms with Crippen LogP contribution < -0.4 is 0 Å². The fourth-order valence-electron chi connectivity index (χ4n) is 4.75. The van der Waals surface area contributed by atoms with Crippen LogP contribution in [0.1, 0.15) is 29.2 Å². The van der Waals surface area contributed by atoms with E-state index in [2.05, 4.69) is 0 Å². The van der Waals surface area contributed by atoms with E-state index >= 15 is 0 Å². The lowest BCUT2D eigenvalue weighted by molar-refractivity contribution is 0.376. The zero-order valence-electron chi connectivity index (χ0n) is 19.7. The summed E-state index contributed by atoms with van der Waals surface area (Å²) < 4.78 is 56.5. The smallest absolute Gasteiger partial charge is 0.207 e. The van der Waals surface area contributed by atoms with Gasteiger partial charge in [-0.05, 0) is 69.0 Å². The Balaban J connectivity index is 1.63. The number of hydrogen-bond acceptors (Lipinski definition) is 4. The van der Waals surface area contributed by atoms with E-state index in [0.717, 1.165) is 33.4 Å². The van der Waals surface area contributed by atoms with Crippen molar-refractivity contribution < 1.29 is 16.8 Å². The summed E-state index contributed by atoms with van der Waals surface area (Å²) in [6.45, 7) is 10.1. The molecule has 0 saturated heterocycles. The molecule has 2 aromatic rings. The molecule has 0 aliphatic carbocycles. The summed E-state index contributed by atoms with van der Waals surface area (Å²) in [6.07, 6.45) is 3.72. The predicted molar refractivity (Wildman–Crippen MR) is 130 cm³/mol. The van der Waals surface area contributed by atoms with E-state index < -0.39 is 20.0 Å². The van der Waals surface area contributed by atoms with Gasteiger partial charge < -0.3 is 0 Å². The normalized spacial score (nSPS) is 20.2. The summed E-state index contributed by atoms with van der Waals surface area (Å²) >= 11 is 0. The van der Waals surface area contributed by atoms with Gasteiger partial charge in [-0.15, -0.1) is 0 Å². The Morgan fingerprint density at radius 3 is 2.00 bits per heavy atom. The van der Waals surface area contributed by atoms with Crippen molar-refractivity contribution in [1.29, 1.82) is 0 Å². The van der Waals surface area contributed by atoms with Crippen LogP contribution in [0.4, 0.5) is 0 Å². The highest BCUT2D eigenvalue weighted by atomic mass is 32.2. The second kappa shape index (κ2) is 8.51. The highest BCUT2D eigenvalue weighted by molar-refractivity contribution is 7.89. The standard InChI is InChI=1S/C25H30N2O4S2/c1-17-6-8-24(9-7-17)32(28,29)26-11-10-22-16-27(21(5)14-23(22)15-26)33(30,31)25-19(3)12-18(2)13-20(25)4/h6-10,12-14,21H,11,15-16H2,1-5H3/t21-/m0/s1. The van der Waals surface area contributed by atoms with Gasteiger partial charge >= 0.3 is 0 Å². The minimum absolute atomic E-state index is 0.216. The molecule has 0 amide bonds. The fourth-order valence-corrected chi connectivity index (χ4v) is 8.08. The van der Waals surface area contributed by atoms with Gasteiger partial charge in [-0.25, -0.2) is 16.8 Å². The third kappa shape index (κ3) is 4.33. The third-order valence-corrected chi connectivity index (χ3v) is 10.4. The average molecular weight is 487 g/mol. The maximum Gasteiger partial charge on any atom is 0.244 e. The van der Waals surface area contributed by atoms with E-state index in [4.69, 9.17) is 0 Å². The van der Waals surface area contributed by atoms with Crippen LogP contribution in [-0.4, -0.2) is 51.1 Å². The molecular formula is C25H30N2O4S2. The number of aryl methyl sites for hydroxylation is 4. The molecule has 1 atom stereocenters. The van der Waals surface area contributed by atoms with Gasteiger partial charge in [-0.2, -0.15) is 8.61 Å². The van der Waals surface area contributed by atoms with Crippen molar-refractivity contribution in [3.63, 3.8) is 0 Å². The Bertz CT molecular complexity index is 1350. The number of hydrogen-bond donors (Lipinski definition) is 0. The highest BCUT2D eigenvalue weighted by Crippen LogP contribution is 2.33. The summed E-state index contributed by atoms with van der Waals surface area (Å²) in [5.41, 5.74) is 5.24. The third-order valence-electron chi connectivity index (χ3n) is 6.35. The Hall–Kier alpha value is -2.26. The van der Waals surface area contributed by atoms with Gasteiger partial charge in [-0.1, -0.05) is 47.5 Å². The van der Waals surface area contributed by atoms with Crippen molar-refractivity contribution in [2.24, 2.45) is 0 Å². The van der Waals surface area contributed by atoms with Gasteiger partial charge in [0.25, 0.3) is 0 Å². The number of benzene rings is 2. The molecule has 0 N–H and O–H groups in total. The Morgan fingerprint density at radius 2 is 1.39 bits per heavy atom. The monoisotopic (exact) mass is 486 g/mol. The lowest BCUT2D eigenvalue weighted by atomic mass is 9.97. The lowest BCUT2D eigenvalue weighted by Crippen LogP contribution is -2.46. The van der Waals surface area contributed by atoms with Crippen LogP contribution in [0.2, 0.25) is 0 Å². The quantitative estimate of drug-likeness (QED) is 0.658. The Labute approximate surface area is 197 Å². The molecule has 0 saturated carbocycles. The summed E-state index contributed by atoms with van der Waals surface area (Å²) in [7, 11) is -7.34. The van der Waals surface area contributed by atoms with Crippen LogP contribution in [-0.2, 0) is 20.0 Å². The van der Waals surface area contributed by atoms with Gasteiger partial charge in [0.2, 0.25) is 20.0 Å². The summed E-state index contributed by atoms with van der Waals surface area (Å²) in [5, 5.41) is 0. The van der Waals surface area contributed by atoms with Crippen LogP contribution in [0.15, 0.2) is 69.5 Å². The van der Waals surface area contributed by atoms with Crippen molar-refractivity contribution in [3.8, 4) is 0 Å². The molecule has 2 aliphatic heterocycles. The van der Waals surface area contributed by atoms with E-state index in [0.29, 0.717) is 4.90 Å². The first-order valence-electron chi connectivity index (χ1n) is 11.0. The predicted octanol–water partition coefficient (Wildman–Crippen LogP) is 3.87. The Morgan fingerprint density at radius 1 is 0.788 bits per heavy atom. The van der Waals surface area contributed by atoms with Crippen molar-refractivity contribution >= 4 is 20.0 Å². The van der Waals surface area contributed by atoms with Crippen molar-refractivity contribution in [2.75, 3.05) is 19.6 Å². The molecule has 2 aromatic carbocycles. The van der Waals surface area contributed by atoms with E-state index in [1.807, 2.05) is 58.9 Å². The largest absolute Gasteiger partial charge is 0.244 e. The number of rotatable bonds is 4. The second-order valence-electron chi connectivity index (χ2n) is 9.05. The minimum Gasteiger partial charge on any atom is -0.207 e. The summed E-state index contributed by atoms with van der Waals surface area (Å²) in [6, 6.07) is 10.2. The maximum absolute atomic E-state index is 13.6. The molecule has 176 valence electrons. The molecule has 0 bridgehead atoms. The molecule has 2 aliphatic rings. The van der Waals surface area contributed by atoms with Crippen LogP contribution in [0.3, 0.4) is 0 Å². The van der Waals surface area contributed by atoms with Crippen LogP contribution in [0.5, 0.6) is 0 Å². The molecule has 0 spiro atoms. The van der Waals surface area contributed by atoms with Crippen molar-refractivity contribution in [3.05, 3.63) is 82.0 Å². The van der Waals surface area contributed by atoms with Gasteiger partial charge in [0, 0.05) is 25.7 Å². The van der Waals surface area contributed by atoms with Gasteiger partial charge in [0.15, 0.2) is 0 Å². The second-order valence-corrected chi connectivity index (χ2v) is 12.8. The molecule has 0 unspecified atom stereocenters. The van der Waals surface area contributed by atoms with Crippen molar-refractivity contribution in [1.82, 2.24) is 8.61 Å². The van der Waals surface area contributed by atoms with Crippen LogP contribution in [0.25, 0.3) is 0 Å². The number of sulfonamides is 2. The van der Waals surface area contributed by atoms with Gasteiger partial charge in [-0.3, -0.25) is 0 Å². The summed E-state index contributed by atoms with van der Waals surface area (Å²) in [4.78, 5) is 0.626. The number of fused-ring (bicyclic) bond motifs is 1. The zero-order chi connectivity index (χ0) is 24.1. The highest BCUT2D eigenvalue weighted by Gasteiger charge is 2.37. The first-order valence-corrected chi connectivity index (χ1v) is 13.9. The Kier molecular flexibility index (Phi) is 6.16. The topological polar surface area (TPSA) is 74.8 Å². The van der Waals surface area contributed by atoms with E-state index in [1.54, 1.807) is 24.3 Å².